The van der Waals surface area contributed by atoms with E-state index in [-0.39, 0.29) is 11.4 Å². The predicted molar refractivity (Wildman–Crippen MR) is 129 cm³/mol. The molecule has 0 bridgehead atoms. The number of nitro benzene ring substituents is 1. The Hall–Kier alpha value is -4.05. The van der Waals surface area contributed by atoms with Gasteiger partial charge in [-0.1, -0.05) is 33.6 Å². The van der Waals surface area contributed by atoms with Crippen molar-refractivity contribution in [2.45, 2.75) is 20.0 Å². The standard InChI is InChI=1S/C24H20BrN3O6/c1-15-4-3-5-17(12-15)24(30)34-22-11-6-19(25)13-18(22)14-26-27-23(29)16(2)33-21-9-7-20(8-10-21)28(31)32/h3-14,16H,1-2H3,(H,27,29)/b26-14-/t16-/m0/s1. The van der Waals surface area contributed by atoms with Gasteiger partial charge >= 0.3 is 5.97 Å². The van der Waals surface area contributed by atoms with Crippen LogP contribution in [0.4, 0.5) is 5.69 Å². The molecule has 0 unspecified atom stereocenters. The number of ether oxygens (including phenoxy) is 2. The molecule has 1 atom stereocenters. The molecule has 0 spiro atoms. The Kier molecular flexibility index (Phi) is 8.10. The number of nitrogens with one attached hydrogen (secondary N) is 1. The summed E-state index contributed by atoms with van der Waals surface area (Å²) in [5, 5.41) is 14.7. The van der Waals surface area contributed by atoms with E-state index in [0.29, 0.717) is 16.9 Å². The topological polar surface area (TPSA) is 120 Å². The van der Waals surface area contributed by atoms with Gasteiger partial charge in [0.05, 0.1) is 16.7 Å². The first-order chi connectivity index (χ1) is 16.2. The number of benzene rings is 3. The first-order valence-corrected chi connectivity index (χ1v) is 10.8. The first-order valence-electron chi connectivity index (χ1n) is 10.1. The van der Waals surface area contributed by atoms with Crippen LogP contribution in [0.15, 0.2) is 76.3 Å². The molecule has 3 rings (SSSR count). The van der Waals surface area contributed by atoms with Gasteiger partial charge in [-0.15, -0.1) is 0 Å². The van der Waals surface area contributed by atoms with Gasteiger partial charge in [0.1, 0.15) is 11.5 Å². The third-order valence-corrected chi connectivity index (χ3v) is 5.03. The van der Waals surface area contributed by atoms with Gasteiger partial charge in [0, 0.05) is 22.2 Å². The number of halogens is 1. The maximum atomic E-state index is 12.5. The molecule has 1 amide bonds. The lowest BCUT2D eigenvalue weighted by atomic mass is 10.1. The van der Waals surface area contributed by atoms with E-state index in [1.54, 1.807) is 36.4 Å². The average Bonchev–Trinajstić information content (AvgIpc) is 2.81. The zero-order valence-corrected chi connectivity index (χ0v) is 19.8. The van der Waals surface area contributed by atoms with Crippen molar-refractivity contribution >= 4 is 39.7 Å². The second kappa shape index (κ2) is 11.2. The molecule has 0 aliphatic rings. The number of non-ortho nitro benzene ring substituents is 1. The smallest absolute Gasteiger partial charge is 0.343 e. The molecule has 0 radical (unpaired) electrons. The Bertz CT molecular complexity index is 1240. The Labute approximate surface area is 203 Å². The highest BCUT2D eigenvalue weighted by Crippen LogP contribution is 2.23. The number of rotatable bonds is 8. The van der Waals surface area contributed by atoms with Crippen molar-refractivity contribution < 1.29 is 24.0 Å². The fourth-order valence-corrected chi connectivity index (χ4v) is 3.18. The summed E-state index contributed by atoms with van der Waals surface area (Å²) >= 11 is 3.36. The van der Waals surface area contributed by atoms with Crippen molar-refractivity contribution in [2.75, 3.05) is 0 Å². The number of carbonyl (C=O) groups excluding carboxylic acids is 2. The summed E-state index contributed by atoms with van der Waals surface area (Å²) in [6.45, 7) is 3.39. The van der Waals surface area contributed by atoms with E-state index in [1.165, 1.54) is 37.4 Å². The Balaban J connectivity index is 1.64. The number of esters is 1. The fourth-order valence-electron chi connectivity index (χ4n) is 2.80. The molecule has 0 heterocycles. The molecule has 9 nitrogen and oxygen atoms in total. The molecule has 34 heavy (non-hydrogen) atoms. The number of amides is 1. The first kappa shape index (κ1) is 24.6. The van der Waals surface area contributed by atoms with Crippen LogP contribution in [0, 0.1) is 17.0 Å². The minimum absolute atomic E-state index is 0.0815. The van der Waals surface area contributed by atoms with Gasteiger partial charge in [-0.3, -0.25) is 14.9 Å². The number of nitrogens with zero attached hydrogens (tertiary/aromatic N) is 2. The van der Waals surface area contributed by atoms with Gasteiger partial charge in [-0.25, -0.2) is 10.2 Å². The summed E-state index contributed by atoms with van der Waals surface area (Å²) in [4.78, 5) is 35.0. The lowest BCUT2D eigenvalue weighted by Crippen LogP contribution is -2.33. The lowest BCUT2D eigenvalue weighted by Gasteiger charge is -2.12. The summed E-state index contributed by atoms with van der Waals surface area (Å²) in [6, 6.07) is 17.4. The molecule has 3 aromatic rings. The van der Waals surface area contributed by atoms with Gasteiger partial charge in [-0.2, -0.15) is 5.10 Å². The molecule has 0 aliphatic carbocycles. The quantitative estimate of drug-likeness (QED) is 0.148. The van der Waals surface area contributed by atoms with E-state index in [0.717, 1.165) is 10.0 Å². The monoisotopic (exact) mass is 525 g/mol. The number of hydrogen-bond donors (Lipinski definition) is 1. The average molecular weight is 526 g/mol. The lowest BCUT2D eigenvalue weighted by molar-refractivity contribution is -0.384. The maximum absolute atomic E-state index is 12.5. The predicted octanol–water partition coefficient (Wildman–Crippen LogP) is 4.80. The highest BCUT2D eigenvalue weighted by molar-refractivity contribution is 9.10. The van der Waals surface area contributed by atoms with E-state index >= 15 is 0 Å². The van der Waals surface area contributed by atoms with Crippen LogP contribution in [0.3, 0.4) is 0 Å². The molecule has 0 saturated heterocycles. The summed E-state index contributed by atoms with van der Waals surface area (Å²) in [7, 11) is 0. The van der Waals surface area contributed by atoms with Crippen molar-refractivity contribution in [3.05, 3.63) is 98.0 Å². The largest absolute Gasteiger partial charge is 0.481 e. The molecule has 3 aromatic carbocycles. The van der Waals surface area contributed by atoms with Crippen LogP contribution in [0.5, 0.6) is 11.5 Å². The van der Waals surface area contributed by atoms with Crippen molar-refractivity contribution in [1.29, 1.82) is 0 Å². The van der Waals surface area contributed by atoms with Gasteiger partial charge in [0.15, 0.2) is 6.10 Å². The van der Waals surface area contributed by atoms with E-state index in [1.807, 2.05) is 13.0 Å². The molecule has 0 aromatic heterocycles. The second-order valence-electron chi connectivity index (χ2n) is 7.19. The number of carbonyl (C=O) groups is 2. The number of nitro groups is 1. The van der Waals surface area contributed by atoms with E-state index in [9.17, 15) is 19.7 Å². The minimum Gasteiger partial charge on any atom is -0.481 e. The molecule has 1 N–H and O–H groups in total. The van der Waals surface area contributed by atoms with Crippen LogP contribution in [-0.2, 0) is 4.79 Å². The van der Waals surface area contributed by atoms with Gasteiger partial charge in [0.25, 0.3) is 11.6 Å². The van der Waals surface area contributed by atoms with E-state index in [2.05, 4.69) is 26.5 Å². The molecule has 10 heteroatoms. The molecule has 174 valence electrons. The maximum Gasteiger partial charge on any atom is 0.343 e. The summed E-state index contributed by atoms with van der Waals surface area (Å²) < 4.78 is 11.7. The van der Waals surface area contributed by atoms with E-state index in [4.69, 9.17) is 9.47 Å². The fraction of sp³-hybridized carbons (Fsp3) is 0.125. The van der Waals surface area contributed by atoms with Crippen LogP contribution in [0.1, 0.15) is 28.4 Å². The number of aryl methyl sites for hydroxylation is 1. The molecular formula is C24H20BrN3O6. The molecule has 0 saturated carbocycles. The van der Waals surface area contributed by atoms with Crippen molar-refractivity contribution in [1.82, 2.24) is 5.43 Å². The zero-order valence-electron chi connectivity index (χ0n) is 18.2. The Morgan fingerprint density at radius 1 is 1.12 bits per heavy atom. The molecule has 0 fully saturated rings. The van der Waals surface area contributed by atoms with Gasteiger partial charge in [0.2, 0.25) is 0 Å². The SMILES string of the molecule is Cc1cccc(C(=O)Oc2ccc(Br)cc2/C=N\NC(=O)[C@H](C)Oc2ccc([N+](=O)[O-])cc2)c1. The van der Waals surface area contributed by atoms with Crippen LogP contribution >= 0.6 is 15.9 Å². The molecular weight excluding hydrogens is 506 g/mol. The van der Waals surface area contributed by atoms with Crippen LogP contribution in [0.25, 0.3) is 0 Å². The Morgan fingerprint density at radius 3 is 2.53 bits per heavy atom. The minimum atomic E-state index is -0.917. The van der Waals surface area contributed by atoms with Gasteiger partial charge < -0.3 is 9.47 Å². The molecule has 0 aliphatic heterocycles. The number of hydrogen-bond acceptors (Lipinski definition) is 7. The number of hydrazone groups is 1. The van der Waals surface area contributed by atoms with Crippen molar-refractivity contribution in [2.24, 2.45) is 5.10 Å². The summed E-state index contributed by atoms with van der Waals surface area (Å²) in [6.07, 6.45) is 0.430. The van der Waals surface area contributed by atoms with Gasteiger partial charge in [-0.05, 0) is 56.3 Å². The van der Waals surface area contributed by atoms with Crippen LogP contribution in [0.2, 0.25) is 0 Å². The van der Waals surface area contributed by atoms with Crippen LogP contribution in [-0.4, -0.2) is 29.1 Å². The highest BCUT2D eigenvalue weighted by Gasteiger charge is 2.15. The van der Waals surface area contributed by atoms with Crippen molar-refractivity contribution in [3.8, 4) is 11.5 Å². The van der Waals surface area contributed by atoms with E-state index < -0.39 is 22.9 Å². The summed E-state index contributed by atoms with van der Waals surface area (Å²) in [5.74, 6) is -0.491. The third kappa shape index (κ3) is 6.72. The van der Waals surface area contributed by atoms with Crippen molar-refractivity contribution in [3.63, 3.8) is 0 Å². The zero-order chi connectivity index (χ0) is 24.7. The highest BCUT2D eigenvalue weighted by atomic mass is 79.9. The summed E-state index contributed by atoms with van der Waals surface area (Å²) in [5.41, 5.74) is 4.08. The second-order valence-corrected chi connectivity index (χ2v) is 8.10. The Morgan fingerprint density at radius 2 is 1.85 bits per heavy atom. The normalized spacial score (nSPS) is 11.6. The third-order valence-electron chi connectivity index (χ3n) is 4.54. The van der Waals surface area contributed by atoms with Crippen LogP contribution < -0.4 is 14.9 Å².